The fraction of sp³-hybridized carbons (Fsp3) is 0.250. The Morgan fingerprint density at radius 1 is 1.30 bits per heavy atom. The lowest BCUT2D eigenvalue weighted by molar-refractivity contribution is -0.128. The van der Waals surface area contributed by atoms with E-state index in [4.69, 9.17) is 16.1 Å². The van der Waals surface area contributed by atoms with Crippen LogP contribution in [0.3, 0.4) is 0 Å². The maximum absolute atomic E-state index is 13.3. The van der Waals surface area contributed by atoms with E-state index in [0.717, 1.165) is 11.1 Å². The van der Waals surface area contributed by atoms with E-state index in [9.17, 15) is 9.18 Å². The van der Waals surface area contributed by atoms with E-state index >= 15 is 0 Å². The van der Waals surface area contributed by atoms with Crippen molar-refractivity contribution in [2.24, 2.45) is 0 Å². The maximum Gasteiger partial charge on any atom is 0.232 e. The van der Waals surface area contributed by atoms with Crippen molar-refractivity contribution >= 4 is 17.5 Å². The Bertz CT molecular complexity index is 1000. The molecule has 1 unspecified atom stereocenters. The van der Waals surface area contributed by atoms with Gasteiger partial charge in [0.25, 0.3) is 0 Å². The van der Waals surface area contributed by atoms with Gasteiger partial charge in [-0.15, -0.1) is 0 Å². The fourth-order valence-corrected chi connectivity index (χ4v) is 3.46. The van der Waals surface area contributed by atoms with Gasteiger partial charge in [-0.1, -0.05) is 46.6 Å². The molecule has 1 aliphatic rings. The van der Waals surface area contributed by atoms with E-state index in [1.165, 1.54) is 12.1 Å². The molecule has 7 heteroatoms. The number of carbonyl (C=O) groups excluding carboxylic acids is 1. The molecule has 1 fully saturated rings. The SMILES string of the molecule is Cc1cccc(CN2CC(c3nc(-c4ccc(F)c(Cl)c4)no3)CC2=O)c1. The molecule has 4 rings (SSSR count). The summed E-state index contributed by atoms with van der Waals surface area (Å²) >= 11 is 5.81. The standard InChI is InChI=1S/C20H17ClFN3O2/c1-12-3-2-4-13(7-12)10-25-11-15(9-18(25)26)20-23-19(24-27-20)14-5-6-17(22)16(21)8-14/h2-8,15H,9-11H2,1H3. The van der Waals surface area contributed by atoms with Crippen LogP contribution in [0.25, 0.3) is 11.4 Å². The van der Waals surface area contributed by atoms with Crippen LogP contribution in [0.2, 0.25) is 5.02 Å². The molecule has 0 spiro atoms. The van der Waals surface area contributed by atoms with Crippen LogP contribution in [0.4, 0.5) is 4.39 Å². The molecule has 2 aromatic carbocycles. The van der Waals surface area contributed by atoms with Crippen molar-refractivity contribution in [1.82, 2.24) is 15.0 Å². The Hall–Kier alpha value is -2.73. The molecule has 0 radical (unpaired) electrons. The highest BCUT2D eigenvalue weighted by Gasteiger charge is 2.34. The average molecular weight is 386 g/mol. The zero-order valence-corrected chi connectivity index (χ0v) is 15.4. The molecule has 138 valence electrons. The van der Waals surface area contributed by atoms with Gasteiger partial charge in [0.2, 0.25) is 17.6 Å². The van der Waals surface area contributed by atoms with Crippen LogP contribution in [-0.4, -0.2) is 27.5 Å². The van der Waals surface area contributed by atoms with Crippen molar-refractivity contribution in [3.05, 3.63) is 70.3 Å². The minimum absolute atomic E-state index is 0.000719. The van der Waals surface area contributed by atoms with Gasteiger partial charge in [-0.25, -0.2) is 4.39 Å². The Balaban J connectivity index is 1.49. The maximum atomic E-state index is 13.3. The number of rotatable bonds is 4. The van der Waals surface area contributed by atoms with Crippen LogP contribution < -0.4 is 0 Å². The zero-order chi connectivity index (χ0) is 19.0. The van der Waals surface area contributed by atoms with Gasteiger partial charge >= 0.3 is 0 Å². The van der Waals surface area contributed by atoms with Crippen LogP contribution in [0.15, 0.2) is 47.0 Å². The molecule has 1 aromatic heterocycles. The number of aromatic nitrogens is 2. The van der Waals surface area contributed by atoms with E-state index in [0.29, 0.717) is 36.8 Å². The largest absolute Gasteiger partial charge is 0.339 e. The zero-order valence-electron chi connectivity index (χ0n) is 14.7. The summed E-state index contributed by atoms with van der Waals surface area (Å²) in [6.45, 7) is 3.12. The van der Waals surface area contributed by atoms with Crippen LogP contribution in [0.5, 0.6) is 0 Å². The minimum atomic E-state index is -0.502. The molecular weight excluding hydrogens is 369 g/mol. The molecule has 2 heterocycles. The molecule has 3 aromatic rings. The van der Waals surface area contributed by atoms with Crippen molar-refractivity contribution in [2.75, 3.05) is 6.54 Å². The summed E-state index contributed by atoms with van der Waals surface area (Å²) in [7, 11) is 0. The summed E-state index contributed by atoms with van der Waals surface area (Å²) in [5, 5.41) is 3.95. The monoisotopic (exact) mass is 385 g/mol. The van der Waals surface area contributed by atoms with E-state index in [1.807, 2.05) is 25.1 Å². The number of hydrogen-bond donors (Lipinski definition) is 0. The molecule has 0 N–H and O–H groups in total. The summed E-state index contributed by atoms with van der Waals surface area (Å²) < 4.78 is 18.7. The highest BCUT2D eigenvalue weighted by atomic mass is 35.5. The van der Waals surface area contributed by atoms with E-state index in [1.54, 1.807) is 11.0 Å². The first-order valence-electron chi connectivity index (χ1n) is 8.62. The molecule has 1 aliphatic heterocycles. The topological polar surface area (TPSA) is 59.2 Å². The third-order valence-electron chi connectivity index (χ3n) is 4.64. The molecule has 0 aliphatic carbocycles. The van der Waals surface area contributed by atoms with Crippen molar-refractivity contribution in [3.63, 3.8) is 0 Å². The van der Waals surface area contributed by atoms with Crippen molar-refractivity contribution in [1.29, 1.82) is 0 Å². The summed E-state index contributed by atoms with van der Waals surface area (Å²) in [4.78, 5) is 18.6. The van der Waals surface area contributed by atoms with Crippen molar-refractivity contribution in [3.8, 4) is 11.4 Å². The first-order chi connectivity index (χ1) is 13.0. The summed E-state index contributed by atoms with van der Waals surface area (Å²) in [5.74, 6) is 0.143. The van der Waals surface area contributed by atoms with Crippen LogP contribution in [0, 0.1) is 12.7 Å². The number of nitrogens with zero attached hydrogens (tertiary/aromatic N) is 3. The second-order valence-corrected chi connectivity index (χ2v) is 7.16. The Morgan fingerprint density at radius 3 is 2.93 bits per heavy atom. The lowest BCUT2D eigenvalue weighted by Gasteiger charge is -2.16. The van der Waals surface area contributed by atoms with Gasteiger partial charge in [-0.3, -0.25) is 4.79 Å². The Kier molecular flexibility index (Phi) is 4.66. The molecule has 1 atom stereocenters. The first-order valence-corrected chi connectivity index (χ1v) is 9.00. The van der Waals surface area contributed by atoms with E-state index in [-0.39, 0.29) is 16.8 Å². The quantitative estimate of drug-likeness (QED) is 0.669. The van der Waals surface area contributed by atoms with Gasteiger partial charge in [0, 0.05) is 25.1 Å². The number of aryl methyl sites for hydroxylation is 1. The van der Waals surface area contributed by atoms with Crippen molar-refractivity contribution < 1.29 is 13.7 Å². The highest BCUT2D eigenvalue weighted by molar-refractivity contribution is 6.31. The normalized spacial score (nSPS) is 16.9. The summed E-state index contributed by atoms with van der Waals surface area (Å²) in [5.41, 5.74) is 2.82. The number of benzene rings is 2. The summed E-state index contributed by atoms with van der Waals surface area (Å²) in [6.07, 6.45) is 0.331. The molecule has 5 nitrogen and oxygen atoms in total. The number of halogens is 2. The van der Waals surface area contributed by atoms with Crippen LogP contribution in [-0.2, 0) is 11.3 Å². The highest BCUT2D eigenvalue weighted by Crippen LogP contribution is 2.30. The van der Waals surface area contributed by atoms with Gasteiger partial charge < -0.3 is 9.42 Å². The fourth-order valence-electron chi connectivity index (χ4n) is 3.27. The third-order valence-corrected chi connectivity index (χ3v) is 4.93. The lowest BCUT2D eigenvalue weighted by atomic mass is 10.1. The molecule has 27 heavy (non-hydrogen) atoms. The molecular formula is C20H17ClFN3O2. The smallest absolute Gasteiger partial charge is 0.232 e. The molecule has 1 amide bonds. The molecule has 0 bridgehead atoms. The number of carbonyl (C=O) groups is 1. The van der Waals surface area contributed by atoms with Gasteiger partial charge in [0.05, 0.1) is 10.9 Å². The van der Waals surface area contributed by atoms with E-state index in [2.05, 4.69) is 16.2 Å². The Morgan fingerprint density at radius 2 is 2.15 bits per heavy atom. The van der Waals surface area contributed by atoms with Gasteiger partial charge in [0.1, 0.15) is 5.82 Å². The number of amides is 1. The first kappa shape index (κ1) is 17.7. The average Bonchev–Trinajstić information content (AvgIpc) is 3.25. The number of hydrogen-bond acceptors (Lipinski definition) is 4. The van der Waals surface area contributed by atoms with Gasteiger partial charge in [-0.05, 0) is 30.7 Å². The second kappa shape index (κ2) is 7.12. The van der Waals surface area contributed by atoms with E-state index < -0.39 is 5.82 Å². The van der Waals surface area contributed by atoms with Gasteiger partial charge in [0.15, 0.2) is 0 Å². The van der Waals surface area contributed by atoms with Crippen molar-refractivity contribution in [2.45, 2.75) is 25.8 Å². The molecule has 0 saturated carbocycles. The third kappa shape index (κ3) is 3.71. The second-order valence-electron chi connectivity index (χ2n) is 6.75. The number of likely N-dealkylation sites (tertiary alicyclic amines) is 1. The van der Waals surface area contributed by atoms with Gasteiger partial charge in [-0.2, -0.15) is 4.98 Å². The molecule has 1 saturated heterocycles. The Labute approximate surface area is 160 Å². The lowest BCUT2D eigenvalue weighted by Crippen LogP contribution is -2.24. The minimum Gasteiger partial charge on any atom is -0.339 e. The predicted octanol–water partition coefficient (Wildman–Crippen LogP) is 4.35. The summed E-state index contributed by atoms with van der Waals surface area (Å²) in [6, 6.07) is 12.4. The predicted molar refractivity (Wildman–Crippen MR) is 98.7 cm³/mol. The van der Waals surface area contributed by atoms with Crippen LogP contribution >= 0.6 is 11.6 Å². The van der Waals surface area contributed by atoms with Crippen LogP contribution in [0.1, 0.15) is 29.4 Å².